The third-order valence-electron chi connectivity index (χ3n) is 1.85. The molecule has 5 heteroatoms. The maximum atomic E-state index is 9.37. The lowest BCUT2D eigenvalue weighted by Gasteiger charge is -1.99. The van der Waals surface area contributed by atoms with E-state index < -0.39 is 12.1 Å². The first-order valence-corrected chi connectivity index (χ1v) is 7.04. The van der Waals surface area contributed by atoms with E-state index in [1.165, 1.54) is 32.6 Å². The third-order valence-corrected chi connectivity index (χ3v) is 1.85. The van der Waals surface area contributed by atoms with Crippen LogP contribution in [0.5, 0.6) is 0 Å². The van der Waals surface area contributed by atoms with Gasteiger partial charge in [-0.05, 0) is 19.8 Å². The van der Waals surface area contributed by atoms with Crippen molar-refractivity contribution in [3.05, 3.63) is 0 Å². The highest BCUT2D eigenvalue weighted by molar-refractivity contribution is 5.66. The molecule has 0 spiro atoms. The van der Waals surface area contributed by atoms with Crippen LogP contribution in [0, 0.1) is 0 Å². The van der Waals surface area contributed by atoms with Crippen LogP contribution in [0.25, 0.3) is 0 Å². The van der Waals surface area contributed by atoms with Crippen molar-refractivity contribution in [2.75, 3.05) is 19.8 Å². The van der Waals surface area contributed by atoms with Crippen molar-refractivity contribution in [1.29, 1.82) is 0 Å². The number of aliphatic hydroxyl groups is 2. The maximum Gasteiger partial charge on any atom is 0.303 e. The largest absolute Gasteiger partial charge is 0.481 e. The summed E-state index contributed by atoms with van der Waals surface area (Å²) >= 11 is 0. The minimum absolute atomic E-state index is 0.139. The van der Waals surface area contributed by atoms with Crippen LogP contribution in [0.4, 0.5) is 0 Å². The van der Waals surface area contributed by atoms with Crippen molar-refractivity contribution in [1.82, 2.24) is 0 Å². The van der Waals surface area contributed by atoms with Gasteiger partial charge in [0.05, 0.1) is 12.7 Å². The lowest BCUT2D eigenvalue weighted by atomic mass is 10.3. The van der Waals surface area contributed by atoms with Crippen LogP contribution in [-0.4, -0.2) is 47.2 Å². The van der Waals surface area contributed by atoms with Gasteiger partial charge in [0.15, 0.2) is 0 Å². The first kappa shape index (κ1) is 23.4. The van der Waals surface area contributed by atoms with Crippen LogP contribution in [0.1, 0.15) is 59.8 Å². The lowest BCUT2D eigenvalue weighted by molar-refractivity contribution is -0.136. The van der Waals surface area contributed by atoms with E-state index in [4.69, 9.17) is 20.1 Å². The third kappa shape index (κ3) is 46.8. The van der Waals surface area contributed by atoms with Gasteiger partial charge in [-0.3, -0.25) is 4.79 Å². The molecule has 0 rings (SSSR count). The summed E-state index contributed by atoms with van der Waals surface area (Å²) in [6.07, 6.45) is 4.57. The van der Waals surface area contributed by atoms with Crippen LogP contribution in [0.2, 0.25) is 0 Å². The zero-order chi connectivity index (χ0) is 15.5. The van der Waals surface area contributed by atoms with Gasteiger partial charge in [0, 0.05) is 19.6 Å². The number of hydrogen-bond donors (Lipinski definition) is 3. The average Bonchev–Trinajstić information content (AvgIpc) is 2.40. The highest BCUT2D eigenvalue weighted by atomic mass is 16.5. The van der Waals surface area contributed by atoms with E-state index in [0.717, 1.165) is 13.2 Å². The summed E-state index contributed by atoms with van der Waals surface area (Å²) in [5.41, 5.74) is 0. The lowest BCUT2D eigenvalue weighted by Crippen LogP contribution is -2.03. The molecule has 0 bridgehead atoms. The predicted molar refractivity (Wildman–Crippen MR) is 77.3 cm³/mol. The van der Waals surface area contributed by atoms with Gasteiger partial charge in [0.1, 0.15) is 0 Å². The number of rotatable bonds is 8. The molecule has 0 amide bonds. The first-order chi connectivity index (χ1) is 8.95. The van der Waals surface area contributed by atoms with E-state index in [1.807, 2.05) is 0 Å². The topological polar surface area (TPSA) is 87.0 Å². The summed E-state index contributed by atoms with van der Waals surface area (Å²) in [7, 11) is 0. The summed E-state index contributed by atoms with van der Waals surface area (Å²) in [6.45, 7) is 9.27. The van der Waals surface area contributed by atoms with Crippen molar-refractivity contribution in [2.24, 2.45) is 0 Å². The molecule has 0 aromatic carbocycles. The molecule has 1 unspecified atom stereocenters. The molecule has 0 aliphatic rings. The number of carboxylic acid groups (broad SMARTS) is 1. The molecular weight excluding hydrogens is 248 g/mol. The molecule has 0 radical (unpaired) electrons. The van der Waals surface area contributed by atoms with Gasteiger partial charge in [-0.25, -0.2) is 0 Å². The van der Waals surface area contributed by atoms with Crippen molar-refractivity contribution in [3.8, 4) is 0 Å². The van der Waals surface area contributed by atoms with E-state index in [0.29, 0.717) is 0 Å². The van der Waals surface area contributed by atoms with Crippen molar-refractivity contribution in [2.45, 2.75) is 65.9 Å². The van der Waals surface area contributed by atoms with Gasteiger partial charge >= 0.3 is 5.97 Å². The van der Waals surface area contributed by atoms with Crippen LogP contribution in [-0.2, 0) is 9.53 Å². The monoisotopic (exact) mass is 280 g/mol. The summed E-state index contributed by atoms with van der Waals surface area (Å²) in [4.78, 5) is 9.37. The summed E-state index contributed by atoms with van der Waals surface area (Å²) in [6, 6.07) is 0. The number of aliphatic hydroxyl groups excluding tert-OH is 2. The fraction of sp³-hybridized carbons (Fsp3) is 0.929. The Morgan fingerprint density at radius 1 is 1.11 bits per heavy atom. The molecule has 0 fully saturated rings. The van der Waals surface area contributed by atoms with Gasteiger partial charge < -0.3 is 20.1 Å². The molecule has 1 atom stereocenters. The molecule has 0 saturated carbocycles. The zero-order valence-electron chi connectivity index (χ0n) is 12.9. The van der Waals surface area contributed by atoms with E-state index in [2.05, 4.69) is 13.8 Å². The Bertz CT molecular complexity index is 154. The molecule has 19 heavy (non-hydrogen) atoms. The standard InChI is InChI=1S/C8H18O.C3H8O2.C3H6O2/c1-3-5-7-9-8-6-4-2;1-3(5)2-4;1-2-3(4)5/h3-8H2,1-2H3;3-5H,2H2,1H3;2H2,1H3,(H,4,5). The van der Waals surface area contributed by atoms with Crippen molar-refractivity contribution < 1.29 is 24.9 Å². The van der Waals surface area contributed by atoms with Gasteiger partial charge in [-0.15, -0.1) is 0 Å². The quantitative estimate of drug-likeness (QED) is 0.594. The van der Waals surface area contributed by atoms with E-state index in [1.54, 1.807) is 6.92 Å². The minimum Gasteiger partial charge on any atom is -0.481 e. The van der Waals surface area contributed by atoms with Crippen LogP contribution in [0.3, 0.4) is 0 Å². The maximum absolute atomic E-state index is 9.37. The highest BCUT2D eigenvalue weighted by Crippen LogP contribution is 1.91. The van der Waals surface area contributed by atoms with Crippen molar-refractivity contribution >= 4 is 5.97 Å². The average molecular weight is 280 g/mol. The Morgan fingerprint density at radius 2 is 1.42 bits per heavy atom. The number of carbonyl (C=O) groups is 1. The van der Waals surface area contributed by atoms with E-state index in [-0.39, 0.29) is 13.0 Å². The summed E-state index contributed by atoms with van der Waals surface area (Å²) in [5.74, 6) is -0.745. The molecule has 0 aliphatic carbocycles. The van der Waals surface area contributed by atoms with Gasteiger partial charge in [-0.2, -0.15) is 0 Å². The van der Waals surface area contributed by atoms with Gasteiger partial charge in [0.2, 0.25) is 0 Å². The number of carboxylic acids is 1. The van der Waals surface area contributed by atoms with Crippen molar-refractivity contribution in [3.63, 3.8) is 0 Å². The summed E-state index contributed by atoms with van der Waals surface area (Å²) in [5, 5.41) is 23.7. The molecule has 0 aromatic heterocycles. The molecule has 118 valence electrons. The fourth-order valence-corrected chi connectivity index (χ4v) is 0.595. The molecule has 0 heterocycles. The Kier molecular flexibility index (Phi) is 27.8. The second-order valence-electron chi connectivity index (χ2n) is 4.10. The van der Waals surface area contributed by atoms with E-state index >= 15 is 0 Å². The highest BCUT2D eigenvalue weighted by Gasteiger charge is 1.84. The number of aliphatic carboxylic acids is 1. The SMILES string of the molecule is CC(O)CO.CCC(=O)O.CCCCOCCCC. The molecule has 0 aromatic rings. The van der Waals surface area contributed by atoms with Crippen LogP contribution < -0.4 is 0 Å². The molecule has 5 nitrogen and oxygen atoms in total. The molecule has 0 saturated heterocycles. The number of ether oxygens (including phenoxy) is 1. The number of hydrogen-bond acceptors (Lipinski definition) is 4. The van der Waals surface area contributed by atoms with Gasteiger partial charge in [-0.1, -0.05) is 33.6 Å². The normalized spacial score (nSPS) is 10.6. The Labute approximate surface area is 117 Å². The number of unbranched alkanes of at least 4 members (excludes halogenated alkanes) is 2. The zero-order valence-corrected chi connectivity index (χ0v) is 12.9. The molecular formula is C14H32O5. The fourth-order valence-electron chi connectivity index (χ4n) is 0.595. The van der Waals surface area contributed by atoms with Crippen LogP contribution in [0.15, 0.2) is 0 Å². The Hall–Kier alpha value is -0.650. The van der Waals surface area contributed by atoms with Crippen LogP contribution >= 0.6 is 0 Å². The Balaban J connectivity index is -0.000000219. The second kappa shape index (κ2) is 22.5. The van der Waals surface area contributed by atoms with Gasteiger partial charge in [0.25, 0.3) is 0 Å². The van der Waals surface area contributed by atoms with E-state index in [9.17, 15) is 4.79 Å². The first-order valence-electron chi connectivity index (χ1n) is 7.04. The summed E-state index contributed by atoms with van der Waals surface area (Å²) < 4.78 is 5.31. The smallest absolute Gasteiger partial charge is 0.303 e. The minimum atomic E-state index is -0.745. The predicted octanol–water partition coefficient (Wildman–Crippen LogP) is 2.44. The molecule has 0 aliphatic heterocycles. The molecule has 3 N–H and O–H groups in total. The Morgan fingerprint density at radius 3 is 1.58 bits per heavy atom. The second-order valence-corrected chi connectivity index (χ2v) is 4.10.